The quantitative estimate of drug-likeness (QED) is 0.152. The van der Waals surface area contributed by atoms with Gasteiger partial charge in [-0.3, -0.25) is 0 Å². The largest absolute Gasteiger partial charge is 0.491 e. The SMILES string of the molecule is CCOC(=O)c1ccccc1OCCn1ccc2ncnc(Nc3ccc(Oc4cccc(N)c4)c(Cl)c3)c21. The van der Waals surface area contributed by atoms with Crippen LogP contribution in [0.4, 0.5) is 17.2 Å². The predicted octanol–water partition coefficient (Wildman–Crippen LogP) is 6.46. The van der Waals surface area contributed by atoms with Crippen molar-refractivity contribution in [3.8, 4) is 17.2 Å². The third-order valence-electron chi connectivity index (χ3n) is 5.80. The van der Waals surface area contributed by atoms with Gasteiger partial charge in [0.05, 0.1) is 23.7 Å². The van der Waals surface area contributed by atoms with E-state index in [4.69, 9.17) is 31.5 Å². The minimum Gasteiger partial charge on any atom is -0.491 e. The standard InChI is InChI=1S/C29H26ClN5O4/c1-2-37-29(36)22-8-3-4-9-25(22)38-15-14-35-13-12-24-27(35)28(33-18-32-24)34-20-10-11-26(23(30)17-20)39-21-7-5-6-19(31)16-21/h3-13,16-18H,2,14-15,31H2,1H3,(H,32,33,34). The number of esters is 1. The summed E-state index contributed by atoms with van der Waals surface area (Å²) in [5.41, 5.74) is 9.13. The topological polar surface area (TPSA) is 114 Å². The molecule has 39 heavy (non-hydrogen) atoms. The van der Waals surface area contributed by atoms with Crippen molar-refractivity contribution in [2.24, 2.45) is 0 Å². The van der Waals surface area contributed by atoms with E-state index in [2.05, 4.69) is 15.3 Å². The second kappa shape index (κ2) is 11.7. The molecule has 0 unspecified atom stereocenters. The van der Waals surface area contributed by atoms with Gasteiger partial charge in [-0.15, -0.1) is 0 Å². The van der Waals surface area contributed by atoms with E-state index in [0.717, 1.165) is 16.7 Å². The summed E-state index contributed by atoms with van der Waals surface area (Å²) in [6.07, 6.45) is 3.42. The number of nitrogens with one attached hydrogen (secondary N) is 1. The van der Waals surface area contributed by atoms with Gasteiger partial charge in [0.2, 0.25) is 0 Å². The summed E-state index contributed by atoms with van der Waals surface area (Å²) >= 11 is 6.51. The highest BCUT2D eigenvalue weighted by atomic mass is 35.5. The number of halogens is 1. The van der Waals surface area contributed by atoms with E-state index >= 15 is 0 Å². The lowest BCUT2D eigenvalue weighted by atomic mass is 10.2. The highest BCUT2D eigenvalue weighted by Crippen LogP contribution is 2.34. The van der Waals surface area contributed by atoms with E-state index < -0.39 is 5.97 Å². The van der Waals surface area contributed by atoms with Gasteiger partial charge in [-0.25, -0.2) is 14.8 Å². The first kappa shape index (κ1) is 25.9. The van der Waals surface area contributed by atoms with Crippen LogP contribution in [0.3, 0.4) is 0 Å². The number of fused-ring (bicyclic) bond motifs is 1. The van der Waals surface area contributed by atoms with Gasteiger partial charge in [-0.2, -0.15) is 0 Å². The maximum Gasteiger partial charge on any atom is 0.341 e. The molecule has 0 aliphatic rings. The number of para-hydroxylation sites is 1. The molecule has 0 radical (unpaired) electrons. The number of nitrogen functional groups attached to an aromatic ring is 1. The van der Waals surface area contributed by atoms with Crippen LogP contribution in [0.25, 0.3) is 11.0 Å². The Morgan fingerprint density at radius 1 is 1.03 bits per heavy atom. The van der Waals surface area contributed by atoms with E-state index in [0.29, 0.717) is 59.1 Å². The Morgan fingerprint density at radius 2 is 1.90 bits per heavy atom. The lowest BCUT2D eigenvalue weighted by molar-refractivity contribution is 0.0521. The number of aromatic nitrogens is 3. The minimum atomic E-state index is -0.414. The third-order valence-corrected chi connectivity index (χ3v) is 6.10. The number of carbonyl (C=O) groups is 1. The number of carbonyl (C=O) groups excluding carboxylic acids is 1. The Labute approximate surface area is 230 Å². The molecule has 0 fully saturated rings. The smallest absolute Gasteiger partial charge is 0.341 e. The third kappa shape index (κ3) is 6.05. The molecule has 10 heteroatoms. The summed E-state index contributed by atoms with van der Waals surface area (Å²) < 4.78 is 18.9. The maximum absolute atomic E-state index is 12.2. The lowest BCUT2D eigenvalue weighted by Crippen LogP contribution is -2.12. The average Bonchev–Trinajstić information content (AvgIpc) is 3.35. The fourth-order valence-corrected chi connectivity index (χ4v) is 4.26. The van der Waals surface area contributed by atoms with Crippen LogP contribution in [0, 0.1) is 0 Å². The number of benzene rings is 3. The van der Waals surface area contributed by atoms with Crippen molar-refractivity contribution >= 4 is 45.8 Å². The van der Waals surface area contributed by atoms with E-state index in [1.807, 2.05) is 41.1 Å². The van der Waals surface area contributed by atoms with Crippen molar-refractivity contribution in [1.29, 1.82) is 0 Å². The van der Waals surface area contributed by atoms with E-state index in [1.165, 1.54) is 6.33 Å². The molecule has 0 amide bonds. The van der Waals surface area contributed by atoms with Crippen LogP contribution in [0.1, 0.15) is 17.3 Å². The van der Waals surface area contributed by atoms with Gasteiger partial charge in [-0.05, 0) is 55.5 Å². The summed E-state index contributed by atoms with van der Waals surface area (Å²) in [5.74, 6) is 1.77. The zero-order chi connectivity index (χ0) is 27.2. The summed E-state index contributed by atoms with van der Waals surface area (Å²) in [5, 5.41) is 3.75. The molecule has 2 aromatic heterocycles. The highest BCUT2D eigenvalue weighted by molar-refractivity contribution is 6.32. The van der Waals surface area contributed by atoms with Gasteiger partial charge >= 0.3 is 5.97 Å². The Morgan fingerprint density at radius 3 is 2.72 bits per heavy atom. The Bertz CT molecular complexity index is 1620. The minimum absolute atomic E-state index is 0.293. The average molecular weight is 544 g/mol. The molecule has 0 spiro atoms. The second-order valence-corrected chi connectivity index (χ2v) is 8.88. The normalized spacial score (nSPS) is 10.8. The number of ether oxygens (including phenoxy) is 3. The Hall–Kier alpha value is -4.76. The monoisotopic (exact) mass is 543 g/mol. The van der Waals surface area contributed by atoms with E-state index in [-0.39, 0.29) is 0 Å². The number of nitrogens with zero attached hydrogens (tertiary/aromatic N) is 3. The summed E-state index contributed by atoms with van der Waals surface area (Å²) in [6.45, 7) is 2.87. The van der Waals surface area contributed by atoms with Crippen molar-refractivity contribution in [1.82, 2.24) is 14.5 Å². The molecule has 2 heterocycles. The molecule has 0 atom stereocenters. The van der Waals surface area contributed by atoms with E-state index in [1.54, 1.807) is 49.4 Å². The Balaban J connectivity index is 1.31. The zero-order valence-electron chi connectivity index (χ0n) is 21.1. The number of rotatable bonds is 10. The Kier molecular flexibility index (Phi) is 7.79. The van der Waals surface area contributed by atoms with Gasteiger partial charge in [0.1, 0.15) is 41.3 Å². The van der Waals surface area contributed by atoms with Crippen molar-refractivity contribution in [2.45, 2.75) is 13.5 Å². The molecular weight excluding hydrogens is 518 g/mol. The number of anilines is 3. The van der Waals surface area contributed by atoms with Crippen molar-refractivity contribution in [2.75, 3.05) is 24.3 Å². The molecule has 0 aliphatic heterocycles. The van der Waals surface area contributed by atoms with Crippen molar-refractivity contribution in [3.63, 3.8) is 0 Å². The van der Waals surface area contributed by atoms with E-state index in [9.17, 15) is 4.79 Å². The second-order valence-electron chi connectivity index (χ2n) is 8.48. The van der Waals surface area contributed by atoms with Crippen LogP contribution in [0.5, 0.6) is 17.2 Å². The van der Waals surface area contributed by atoms with Crippen LogP contribution < -0.4 is 20.5 Å². The lowest BCUT2D eigenvalue weighted by Gasteiger charge is -2.14. The van der Waals surface area contributed by atoms with Gasteiger partial charge in [0, 0.05) is 23.6 Å². The van der Waals surface area contributed by atoms with Gasteiger partial charge in [0.25, 0.3) is 0 Å². The van der Waals surface area contributed by atoms with Crippen LogP contribution >= 0.6 is 11.6 Å². The molecule has 5 aromatic rings. The molecule has 0 saturated heterocycles. The van der Waals surface area contributed by atoms with Crippen molar-refractivity contribution < 1.29 is 19.0 Å². The number of nitrogens with two attached hydrogens (primary N) is 1. The van der Waals surface area contributed by atoms with Crippen LogP contribution in [0.2, 0.25) is 5.02 Å². The first-order valence-electron chi connectivity index (χ1n) is 12.3. The highest BCUT2D eigenvalue weighted by Gasteiger charge is 2.14. The van der Waals surface area contributed by atoms with Gasteiger partial charge in [0.15, 0.2) is 5.82 Å². The number of hydrogen-bond donors (Lipinski definition) is 2. The van der Waals surface area contributed by atoms with Crippen molar-refractivity contribution in [3.05, 3.63) is 95.9 Å². The molecule has 0 bridgehead atoms. The molecule has 5 rings (SSSR count). The zero-order valence-corrected chi connectivity index (χ0v) is 21.9. The molecular formula is C29H26ClN5O4. The molecule has 0 aliphatic carbocycles. The first-order valence-corrected chi connectivity index (χ1v) is 12.7. The summed E-state index contributed by atoms with van der Waals surface area (Å²) in [7, 11) is 0. The summed E-state index contributed by atoms with van der Waals surface area (Å²) in [4.78, 5) is 21.1. The molecule has 3 aromatic carbocycles. The molecule has 9 nitrogen and oxygen atoms in total. The fourth-order valence-electron chi connectivity index (χ4n) is 4.04. The molecule has 198 valence electrons. The molecule has 3 N–H and O–H groups in total. The first-order chi connectivity index (χ1) is 19.0. The van der Waals surface area contributed by atoms with Gasteiger partial charge < -0.3 is 29.8 Å². The maximum atomic E-state index is 12.2. The molecule has 0 saturated carbocycles. The van der Waals surface area contributed by atoms with Crippen LogP contribution in [-0.2, 0) is 11.3 Å². The van der Waals surface area contributed by atoms with Crippen LogP contribution in [-0.4, -0.2) is 33.7 Å². The van der Waals surface area contributed by atoms with Gasteiger partial charge in [-0.1, -0.05) is 29.8 Å². The number of hydrogen-bond acceptors (Lipinski definition) is 8. The summed E-state index contributed by atoms with van der Waals surface area (Å²) in [6, 6.07) is 21.5. The predicted molar refractivity (Wildman–Crippen MR) is 151 cm³/mol. The fraction of sp³-hybridized carbons (Fsp3) is 0.138. The van der Waals surface area contributed by atoms with Crippen LogP contribution in [0.15, 0.2) is 85.3 Å².